The van der Waals surface area contributed by atoms with E-state index in [1.807, 2.05) is 0 Å². The zero-order chi connectivity index (χ0) is 22.4. The van der Waals surface area contributed by atoms with Crippen molar-refractivity contribution in [1.29, 1.82) is 0 Å². The molecule has 3 aromatic rings. The maximum atomic E-state index is 12.5. The van der Waals surface area contributed by atoms with Gasteiger partial charge in [-0.15, -0.1) is 0 Å². The molecule has 2 aromatic heterocycles. The van der Waals surface area contributed by atoms with Crippen LogP contribution in [0.2, 0.25) is 5.02 Å². The molecule has 0 saturated carbocycles. The summed E-state index contributed by atoms with van der Waals surface area (Å²) in [6, 6.07) is 6.83. The lowest BCUT2D eigenvalue weighted by molar-refractivity contribution is 0.0938. The Kier molecular flexibility index (Phi) is 7.75. The molecule has 2 heterocycles. The van der Waals surface area contributed by atoms with Gasteiger partial charge in [0.1, 0.15) is 18.5 Å². The standard InChI is InChI=1S/C21H28ClN5O4/c1-3-4-5-6-11-23-20-24-18-17(19(29)25-21(30)26(18)2)27(20)12-15(28)13-31-16-9-7-14(22)8-10-16/h7-10,15,28H,3-6,11-13H2,1-2H3,(H,23,24)(H,25,29,30)/t15-/m0/s1. The Labute approximate surface area is 184 Å². The molecule has 0 aliphatic rings. The first-order chi connectivity index (χ1) is 14.9. The first-order valence-electron chi connectivity index (χ1n) is 10.4. The number of aromatic nitrogens is 4. The van der Waals surface area contributed by atoms with Gasteiger partial charge in [-0.25, -0.2) is 4.79 Å². The number of imidazole rings is 1. The minimum atomic E-state index is -0.912. The molecule has 10 heteroatoms. The van der Waals surface area contributed by atoms with E-state index in [0.717, 1.165) is 25.7 Å². The smallest absolute Gasteiger partial charge is 0.329 e. The Morgan fingerprint density at radius 3 is 2.68 bits per heavy atom. The molecule has 1 atom stereocenters. The Morgan fingerprint density at radius 1 is 1.23 bits per heavy atom. The molecule has 9 nitrogen and oxygen atoms in total. The zero-order valence-electron chi connectivity index (χ0n) is 17.7. The predicted octanol–water partition coefficient (Wildman–Crippen LogP) is 2.51. The van der Waals surface area contributed by atoms with Crippen molar-refractivity contribution in [1.82, 2.24) is 19.1 Å². The third kappa shape index (κ3) is 5.68. The van der Waals surface area contributed by atoms with E-state index in [1.165, 1.54) is 4.57 Å². The average molecular weight is 450 g/mol. The molecule has 0 spiro atoms. The van der Waals surface area contributed by atoms with Crippen LogP contribution in [-0.2, 0) is 13.6 Å². The van der Waals surface area contributed by atoms with Gasteiger partial charge in [0, 0.05) is 18.6 Å². The van der Waals surface area contributed by atoms with Crippen LogP contribution < -0.4 is 21.3 Å². The number of benzene rings is 1. The summed E-state index contributed by atoms with van der Waals surface area (Å²) >= 11 is 5.87. The topological polar surface area (TPSA) is 114 Å². The van der Waals surface area contributed by atoms with E-state index in [2.05, 4.69) is 22.2 Å². The molecule has 168 valence electrons. The number of aliphatic hydroxyl groups is 1. The number of aromatic amines is 1. The van der Waals surface area contributed by atoms with Crippen molar-refractivity contribution in [3.63, 3.8) is 0 Å². The monoisotopic (exact) mass is 449 g/mol. The summed E-state index contributed by atoms with van der Waals surface area (Å²) in [4.78, 5) is 31.2. The van der Waals surface area contributed by atoms with Crippen LogP contribution in [0.5, 0.6) is 5.75 Å². The molecule has 0 amide bonds. The van der Waals surface area contributed by atoms with Gasteiger partial charge in [-0.1, -0.05) is 37.8 Å². The highest BCUT2D eigenvalue weighted by atomic mass is 35.5. The van der Waals surface area contributed by atoms with Crippen LogP contribution in [-0.4, -0.2) is 43.5 Å². The Hall–Kier alpha value is -2.78. The number of unbranched alkanes of at least 4 members (excludes halogenated alkanes) is 3. The predicted molar refractivity (Wildman–Crippen MR) is 121 cm³/mol. The number of halogens is 1. The summed E-state index contributed by atoms with van der Waals surface area (Å²) in [5, 5.41) is 14.4. The number of ether oxygens (including phenoxy) is 1. The second-order valence-corrected chi connectivity index (χ2v) is 7.88. The first-order valence-corrected chi connectivity index (χ1v) is 10.8. The number of nitrogens with one attached hydrogen (secondary N) is 2. The minimum absolute atomic E-state index is 0.0148. The third-order valence-electron chi connectivity index (χ3n) is 4.97. The van der Waals surface area contributed by atoms with Crippen LogP contribution in [0, 0.1) is 0 Å². The number of hydrogen-bond acceptors (Lipinski definition) is 6. The van der Waals surface area contributed by atoms with Gasteiger partial charge in [0.15, 0.2) is 11.2 Å². The highest BCUT2D eigenvalue weighted by molar-refractivity contribution is 6.30. The molecule has 1 aromatic carbocycles. The van der Waals surface area contributed by atoms with Gasteiger partial charge in [-0.3, -0.25) is 14.3 Å². The molecule has 3 rings (SSSR count). The third-order valence-corrected chi connectivity index (χ3v) is 5.22. The van der Waals surface area contributed by atoms with Crippen molar-refractivity contribution in [2.24, 2.45) is 7.05 Å². The van der Waals surface area contributed by atoms with Gasteiger partial charge in [0.05, 0.1) is 6.54 Å². The maximum absolute atomic E-state index is 12.5. The molecule has 31 heavy (non-hydrogen) atoms. The van der Waals surface area contributed by atoms with Crippen molar-refractivity contribution in [3.05, 3.63) is 50.1 Å². The summed E-state index contributed by atoms with van der Waals surface area (Å²) in [5.74, 6) is 1.01. The molecular formula is C21H28ClN5O4. The molecule has 0 aliphatic carbocycles. The first kappa shape index (κ1) is 22.9. The number of hydrogen-bond donors (Lipinski definition) is 3. The van der Waals surface area contributed by atoms with E-state index in [-0.39, 0.29) is 24.3 Å². The molecule has 0 aliphatic heterocycles. The summed E-state index contributed by atoms with van der Waals surface area (Å²) in [6.45, 7) is 2.91. The molecule has 3 N–H and O–H groups in total. The molecule has 0 fully saturated rings. The van der Waals surface area contributed by atoms with Gasteiger partial charge in [0.2, 0.25) is 5.95 Å². The summed E-state index contributed by atoms with van der Waals surface area (Å²) in [6.07, 6.45) is 3.41. The summed E-state index contributed by atoms with van der Waals surface area (Å²) < 4.78 is 8.50. The van der Waals surface area contributed by atoms with Gasteiger partial charge >= 0.3 is 5.69 Å². The number of aryl methyl sites for hydroxylation is 1. The molecule has 0 radical (unpaired) electrons. The van der Waals surface area contributed by atoms with Crippen molar-refractivity contribution >= 4 is 28.7 Å². The fourth-order valence-electron chi connectivity index (χ4n) is 3.29. The second kappa shape index (κ2) is 10.5. The van der Waals surface area contributed by atoms with Crippen LogP contribution in [0.1, 0.15) is 32.6 Å². The largest absolute Gasteiger partial charge is 0.491 e. The van der Waals surface area contributed by atoms with Gasteiger partial charge in [-0.05, 0) is 30.7 Å². The fourth-order valence-corrected chi connectivity index (χ4v) is 3.41. The second-order valence-electron chi connectivity index (χ2n) is 7.44. The number of rotatable bonds is 11. The van der Waals surface area contributed by atoms with Crippen LogP contribution in [0.25, 0.3) is 11.2 Å². The van der Waals surface area contributed by atoms with Crippen molar-refractivity contribution in [2.75, 3.05) is 18.5 Å². The Morgan fingerprint density at radius 2 is 1.97 bits per heavy atom. The van der Waals surface area contributed by atoms with E-state index in [0.29, 0.717) is 23.3 Å². The molecule has 0 unspecified atom stereocenters. The Balaban J connectivity index is 1.81. The Bertz CT molecular complexity index is 1120. The number of nitrogens with zero attached hydrogens (tertiary/aromatic N) is 3. The van der Waals surface area contributed by atoms with E-state index < -0.39 is 17.4 Å². The number of anilines is 1. The van der Waals surface area contributed by atoms with Crippen LogP contribution in [0.3, 0.4) is 0 Å². The van der Waals surface area contributed by atoms with Crippen LogP contribution in [0.15, 0.2) is 33.9 Å². The average Bonchev–Trinajstić information content (AvgIpc) is 3.10. The lowest BCUT2D eigenvalue weighted by atomic mass is 10.2. The number of fused-ring (bicyclic) bond motifs is 1. The number of aliphatic hydroxyl groups excluding tert-OH is 1. The minimum Gasteiger partial charge on any atom is -0.491 e. The molecule has 0 saturated heterocycles. The van der Waals surface area contributed by atoms with Crippen molar-refractivity contribution in [3.8, 4) is 5.75 Å². The highest BCUT2D eigenvalue weighted by Crippen LogP contribution is 2.18. The fraction of sp³-hybridized carbons (Fsp3) is 0.476. The highest BCUT2D eigenvalue weighted by Gasteiger charge is 2.19. The summed E-state index contributed by atoms with van der Waals surface area (Å²) in [5.41, 5.74) is -0.599. The van der Waals surface area contributed by atoms with E-state index in [4.69, 9.17) is 16.3 Å². The SMILES string of the molecule is CCCCCCNc1nc2c(c(=O)[nH]c(=O)n2C)n1C[C@H](O)COc1ccc(Cl)cc1. The lowest BCUT2D eigenvalue weighted by Crippen LogP contribution is -2.31. The quantitative estimate of drug-likeness (QED) is 0.387. The maximum Gasteiger partial charge on any atom is 0.329 e. The van der Waals surface area contributed by atoms with E-state index >= 15 is 0 Å². The van der Waals surface area contributed by atoms with Gasteiger partial charge < -0.3 is 19.7 Å². The van der Waals surface area contributed by atoms with Gasteiger partial charge in [-0.2, -0.15) is 4.98 Å². The van der Waals surface area contributed by atoms with Crippen LogP contribution >= 0.6 is 11.6 Å². The van der Waals surface area contributed by atoms with Crippen LogP contribution in [0.4, 0.5) is 5.95 Å². The van der Waals surface area contributed by atoms with Crippen molar-refractivity contribution < 1.29 is 9.84 Å². The lowest BCUT2D eigenvalue weighted by Gasteiger charge is -2.16. The molecule has 0 bridgehead atoms. The van der Waals surface area contributed by atoms with Gasteiger partial charge in [0.25, 0.3) is 5.56 Å². The van der Waals surface area contributed by atoms with E-state index in [9.17, 15) is 14.7 Å². The number of H-pyrrole nitrogens is 1. The molecular weight excluding hydrogens is 422 g/mol. The summed E-state index contributed by atoms with van der Waals surface area (Å²) in [7, 11) is 1.54. The van der Waals surface area contributed by atoms with Crippen molar-refractivity contribution in [2.45, 2.75) is 45.3 Å². The normalized spacial score (nSPS) is 12.3. The van der Waals surface area contributed by atoms with E-state index in [1.54, 1.807) is 35.9 Å². The zero-order valence-corrected chi connectivity index (χ0v) is 18.5.